The Bertz CT molecular complexity index is 554. The van der Waals surface area contributed by atoms with Gasteiger partial charge in [-0.05, 0) is 25.8 Å². The van der Waals surface area contributed by atoms with Crippen molar-refractivity contribution in [1.82, 2.24) is 0 Å². The molecule has 0 spiro atoms. The van der Waals surface area contributed by atoms with Crippen molar-refractivity contribution in [2.24, 2.45) is 0 Å². The molecule has 0 aliphatic carbocycles. The third-order valence-corrected chi connectivity index (χ3v) is 4.48. The smallest absolute Gasteiger partial charge is 0.329 e. The maximum atomic E-state index is 10.5. The van der Waals surface area contributed by atoms with Gasteiger partial charge < -0.3 is 33.5 Å². The van der Waals surface area contributed by atoms with E-state index in [4.69, 9.17) is 33.5 Å². The van der Waals surface area contributed by atoms with Crippen LogP contribution in [0.4, 0.5) is 0 Å². The fourth-order valence-corrected chi connectivity index (χ4v) is 2.95. The van der Waals surface area contributed by atoms with Gasteiger partial charge in [0, 0.05) is 6.61 Å². The van der Waals surface area contributed by atoms with Crippen molar-refractivity contribution in [1.29, 1.82) is 0 Å². The van der Waals surface area contributed by atoms with Gasteiger partial charge in [-0.15, -0.1) is 0 Å². The highest BCUT2D eigenvalue weighted by atomic mass is 16.6. The molecule has 3 unspecified atom stereocenters. The second kappa shape index (κ2) is 18.1. The lowest BCUT2D eigenvalue weighted by molar-refractivity contribution is -0.152. The fraction of sp³-hybridized carbons (Fsp3) is 0.696. The molecule has 0 saturated heterocycles. The van der Waals surface area contributed by atoms with E-state index in [1.807, 2.05) is 51.1 Å². The van der Waals surface area contributed by atoms with Crippen LogP contribution in [0.5, 0.6) is 0 Å². The third kappa shape index (κ3) is 13.5. The summed E-state index contributed by atoms with van der Waals surface area (Å²) in [7, 11) is 0. The Labute approximate surface area is 185 Å². The highest BCUT2D eigenvalue weighted by molar-refractivity contribution is 5.67. The molecule has 178 valence electrons. The van der Waals surface area contributed by atoms with Crippen LogP contribution < -0.4 is 0 Å². The quantitative estimate of drug-likeness (QED) is 0.308. The SMILES string of the molecule is CCOCCOC(CC)C(OCCOCc1ccccc1)C(C)OCCOCC(=O)O. The number of carboxylic acid groups (broad SMARTS) is 1. The summed E-state index contributed by atoms with van der Waals surface area (Å²) in [4.78, 5) is 10.5. The zero-order valence-corrected chi connectivity index (χ0v) is 19.0. The van der Waals surface area contributed by atoms with E-state index in [0.29, 0.717) is 39.6 Å². The van der Waals surface area contributed by atoms with E-state index in [9.17, 15) is 4.79 Å². The number of ether oxygens (including phenoxy) is 6. The molecule has 1 N–H and O–H groups in total. The van der Waals surface area contributed by atoms with Gasteiger partial charge >= 0.3 is 5.97 Å². The third-order valence-electron chi connectivity index (χ3n) is 4.48. The minimum Gasteiger partial charge on any atom is -0.480 e. The van der Waals surface area contributed by atoms with Crippen LogP contribution >= 0.6 is 0 Å². The first-order valence-corrected chi connectivity index (χ1v) is 10.9. The molecule has 8 nitrogen and oxygen atoms in total. The fourth-order valence-electron chi connectivity index (χ4n) is 2.95. The minimum absolute atomic E-state index is 0.162. The number of hydrogen-bond donors (Lipinski definition) is 1. The van der Waals surface area contributed by atoms with Crippen LogP contribution in [0, 0.1) is 0 Å². The van der Waals surface area contributed by atoms with E-state index in [-0.39, 0.29) is 38.1 Å². The molecule has 0 radical (unpaired) electrons. The second-order valence-electron chi connectivity index (χ2n) is 6.91. The first-order valence-electron chi connectivity index (χ1n) is 10.9. The lowest BCUT2D eigenvalue weighted by Gasteiger charge is -2.31. The Morgan fingerprint density at radius 3 is 2.19 bits per heavy atom. The van der Waals surface area contributed by atoms with Gasteiger partial charge in [-0.25, -0.2) is 4.79 Å². The molecule has 8 heteroatoms. The molecule has 1 aromatic rings. The van der Waals surface area contributed by atoms with Crippen molar-refractivity contribution in [2.75, 3.05) is 52.9 Å². The monoisotopic (exact) mass is 442 g/mol. The van der Waals surface area contributed by atoms with Crippen molar-refractivity contribution in [3.05, 3.63) is 35.9 Å². The Morgan fingerprint density at radius 2 is 1.52 bits per heavy atom. The Balaban J connectivity index is 2.47. The number of carbonyl (C=O) groups is 1. The summed E-state index contributed by atoms with van der Waals surface area (Å²) in [5.41, 5.74) is 1.11. The average Bonchev–Trinajstić information content (AvgIpc) is 2.77. The largest absolute Gasteiger partial charge is 0.480 e. The van der Waals surface area contributed by atoms with Crippen molar-refractivity contribution in [3.8, 4) is 0 Å². The number of benzene rings is 1. The summed E-state index contributed by atoms with van der Waals surface area (Å²) >= 11 is 0. The minimum atomic E-state index is -1.00. The average molecular weight is 443 g/mol. The molecule has 0 aromatic heterocycles. The highest BCUT2D eigenvalue weighted by Gasteiger charge is 2.28. The summed E-state index contributed by atoms with van der Waals surface area (Å²) < 4.78 is 34.0. The molecule has 31 heavy (non-hydrogen) atoms. The number of carboxylic acids is 1. The molecule has 0 fully saturated rings. The van der Waals surface area contributed by atoms with Crippen molar-refractivity contribution in [3.63, 3.8) is 0 Å². The molecule has 0 heterocycles. The van der Waals surface area contributed by atoms with Gasteiger partial charge in [-0.2, -0.15) is 0 Å². The number of aliphatic carboxylic acids is 1. The second-order valence-corrected chi connectivity index (χ2v) is 6.91. The zero-order valence-electron chi connectivity index (χ0n) is 19.0. The summed E-state index contributed by atoms with van der Waals surface area (Å²) in [6.45, 7) is 9.08. The molecule has 0 amide bonds. The lowest BCUT2D eigenvalue weighted by Crippen LogP contribution is -2.42. The van der Waals surface area contributed by atoms with Gasteiger partial charge in [0.2, 0.25) is 0 Å². The predicted octanol–water partition coefficient (Wildman–Crippen LogP) is 2.93. The maximum absolute atomic E-state index is 10.5. The van der Waals surface area contributed by atoms with E-state index >= 15 is 0 Å². The van der Waals surface area contributed by atoms with Crippen LogP contribution in [-0.4, -0.2) is 82.2 Å². The summed E-state index contributed by atoms with van der Waals surface area (Å²) in [5, 5.41) is 8.62. The molecule has 0 bridgehead atoms. The van der Waals surface area contributed by atoms with Gasteiger partial charge in [0.15, 0.2) is 0 Å². The standard InChI is InChI=1S/C23H38O8/c1-4-21(30-15-11-26-5-2)23(19(3)29-14-12-28-18-22(24)25)31-16-13-27-17-20-9-7-6-8-10-20/h6-10,19,21,23H,4-5,11-18H2,1-3H3,(H,24,25). The van der Waals surface area contributed by atoms with Gasteiger partial charge in [0.1, 0.15) is 12.7 Å². The van der Waals surface area contributed by atoms with Crippen LogP contribution in [0.25, 0.3) is 0 Å². The van der Waals surface area contributed by atoms with Crippen LogP contribution in [0.1, 0.15) is 32.8 Å². The Hall–Kier alpha value is -1.55. The topological polar surface area (TPSA) is 92.7 Å². The predicted molar refractivity (Wildman–Crippen MR) is 116 cm³/mol. The Morgan fingerprint density at radius 1 is 0.871 bits per heavy atom. The molecule has 3 atom stereocenters. The molecule has 0 aliphatic heterocycles. The van der Waals surface area contributed by atoms with Crippen LogP contribution in [-0.2, 0) is 39.8 Å². The van der Waals surface area contributed by atoms with E-state index in [0.717, 1.165) is 12.0 Å². The number of rotatable bonds is 20. The highest BCUT2D eigenvalue weighted by Crippen LogP contribution is 2.16. The van der Waals surface area contributed by atoms with E-state index in [1.165, 1.54) is 0 Å². The van der Waals surface area contributed by atoms with E-state index in [1.54, 1.807) is 0 Å². The number of hydrogen-bond acceptors (Lipinski definition) is 7. The van der Waals surface area contributed by atoms with Gasteiger partial charge in [-0.3, -0.25) is 0 Å². The summed E-state index contributed by atoms with van der Waals surface area (Å²) in [6, 6.07) is 9.98. The lowest BCUT2D eigenvalue weighted by atomic mass is 10.1. The summed E-state index contributed by atoms with van der Waals surface area (Å²) in [5.74, 6) is -1.00. The first-order chi connectivity index (χ1) is 15.1. The van der Waals surface area contributed by atoms with Crippen LogP contribution in [0.3, 0.4) is 0 Å². The van der Waals surface area contributed by atoms with Crippen molar-refractivity contribution in [2.45, 2.75) is 52.1 Å². The van der Waals surface area contributed by atoms with Crippen molar-refractivity contribution < 1.29 is 38.3 Å². The van der Waals surface area contributed by atoms with E-state index < -0.39 is 5.97 Å². The van der Waals surface area contributed by atoms with Crippen molar-refractivity contribution >= 4 is 5.97 Å². The zero-order chi connectivity index (χ0) is 22.7. The van der Waals surface area contributed by atoms with Crippen LogP contribution in [0.2, 0.25) is 0 Å². The Kier molecular flexibility index (Phi) is 16.0. The molecular formula is C23H38O8. The molecule has 1 aromatic carbocycles. The molecule has 0 aliphatic rings. The normalized spacial score (nSPS) is 14.3. The van der Waals surface area contributed by atoms with Gasteiger partial charge in [-0.1, -0.05) is 37.3 Å². The maximum Gasteiger partial charge on any atom is 0.329 e. The molecule has 0 saturated carbocycles. The summed E-state index contributed by atoms with van der Waals surface area (Å²) in [6.07, 6.45) is 0.0285. The van der Waals surface area contributed by atoms with E-state index in [2.05, 4.69) is 0 Å². The molecular weight excluding hydrogens is 404 g/mol. The first kappa shape index (κ1) is 27.5. The van der Waals surface area contributed by atoms with Gasteiger partial charge in [0.25, 0.3) is 0 Å². The van der Waals surface area contributed by atoms with Gasteiger partial charge in [0.05, 0.1) is 58.5 Å². The van der Waals surface area contributed by atoms with Crippen LogP contribution in [0.15, 0.2) is 30.3 Å². The molecule has 1 rings (SSSR count).